The van der Waals surface area contributed by atoms with Gasteiger partial charge in [-0.05, 0) is 44.1 Å². The third kappa shape index (κ3) is 3.10. The zero-order chi connectivity index (χ0) is 17.5. The Labute approximate surface area is 149 Å². The van der Waals surface area contributed by atoms with Gasteiger partial charge < -0.3 is 14.7 Å². The van der Waals surface area contributed by atoms with Crippen molar-refractivity contribution in [2.45, 2.75) is 51.2 Å². The molecule has 138 valence electrons. The Hall–Kier alpha value is -1.40. The van der Waals surface area contributed by atoms with Crippen LogP contribution in [-0.4, -0.2) is 57.6 Å². The highest BCUT2D eigenvalue weighted by Gasteiger charge is 2.54. The largest absolute Gasteiger partial charge is 0.389 e. The highest BCUT2D eigenvalue weighted by molar-refractivity contribution is 5.85. The fourth-order valence-corrected chi connectivity index (χ4v) is 4.76. The second-order valence-corrected chi connectivity index (χ2v) is 8.26. The lowest BCUT2D eigenvalue weighted by Gasteiger charge is -2.49. The third-order valence-electron chi connectivity index (χ3n) is 6.68. The van der Waals surface area contributed by atoms with Gasteiger partial charge in [-0.15, -0.1) is 0 Å². The minimum absolute atomic E-state index is 0.105. The van der Waals surface area contributed by atoms with Gasteiger partial charge in [-0.25, -0.2) is 0 Å². The van der Waals surface area contributed by atoms with Gasteiger partial charge in [-0.2, -0.15) is 5.10 Å². The maximum Gasteiger partial charge on any atom is 0.230 e. The number of nitrogens with zero attached hydrogens (tertiary/aromatic N) is 3. The van der Waals surface area contributed by atoms with Crippen LogP contribution in [0.5, 0.6) is 0 Å². The summed E-state index contributed by atoms with van der Waals surface area (Å²) in [4.78, 5) is 15.1. The number of ether oxygens (including phenoxy) is 1. The molecule has 1 saturated carbocycles. The Morgan fingerprint density at radius 2 is 2.08 bits per heavy atom. The van der Waals surface area contributed by atoms with Crippen molar-refractivity contribution < 1.29 is 14.6 Å². The number of amides is 1. The first kappa shape index (κ1) is 17.0. The minimum atomic E-state index is -0.654. The second-order valence-electron chi connectivity index (χ2n) is 8.26. The van der Waals surface area contributed by atoms with E-state index in [0.717, 1.165) is 38.9 Å². The molecule has 0 spiro atoms. The molecule has 1 aromatic rings. The van der Waals surface area contributed by atoms with Gasteiger partial charge in [-0.1, -0.05) is 6.92 Å². The zero-order valence-electron chi connectivity index (χ0n) is 15.1. The Morgan fingerprint density at radius 1 is 1.32 bits per heavy atom. The van der Waals surface area contributed by atoms with Crippen molar-refractivity contribution >= 4 is 5.91 Å². The Morgan fingerprint density at radius 3 is 2.68 bits per heavy atom. The van der Waals surface area contributed by atoms with Gasteiger partial charge in [0.25, 0.3) is 0 Å². The van der Waals surface area contributed by atoms with Gasteiger partial charge in [0.1, 0.15) is 0 Å². The molecule has 2 aliphatic heterocycles. The van der Waals surface area contributed by atoms with E-state index < -0.39 is 5.60 Å². The molecular weight excluding hydrogens is 318 g/mol. The molecule has 3 heterocycles. The summed E-state index contributed by atoms with van der Waals surface area (Å²) in [6.45, 7) is 5.59. The summed E-state index contributed by atoms with van der Waals surface area (Å²) in [5.41, 5.74) is -0.918. The van der Waals surface area contributed by atoms with E-state index in [1.807, 2.05) is 21.8 Å². The predicted molar refractivity (Wildman–Crippen MR) is 92.7 cm³/mol. The minimum Gasteiger partial charge on any atom is -0.389 e. The highest BCUT2D eigenvalue weighted by atomic mass is 16.5. The Balaban J connectivity index is 1.41. The summed E-state index contributed by atoms with van der Waals surface area (Å²) in [7, 11) is 0. The van der Waals surface area contributed by atoms with Crippen molar-refractivity contribution in [3.63, 3.8) is 0 Å². The summed E-state index contributed by atoms with van der Waals surface area (Å²) < 4.78 is 7.32. The van der Waals surface area contributed by atoms with Gasteiger partial charge >= 0.3 is 0 Å². The standard InChI is InChI=1S/C19H29N3O3/c1-15-13-21(10-7-19(15,24)16-3-11-25-12-4-16)17(23)18(5-6-18)14-22-9-2-8-20-22/h2,8-9,15-16,24H,3-7,10-14H2,1H3/t15-,19+/m1/s1. The molecule has 3 fully saturated rings. The molecule has 0 radical (unpaired) electrons. The van der Waals surface area contributed by atoms with Crippen molar-refractivity contribution in [2.75, 3.05) is 26.3 Å². The first-order chi connectivity index (χ1) is 12.0. The maximum atomic E-state index is 13.1. The fraction of sp³-hybridized carbons (Fsp3) is 0.789. The summed E-state index contributed by atoms with van der Waals surface area (Å²) in [5, 5.41) is 15.5. The molecule has 0 bridgehead atoms. The lowest BCUT2D eigenvalue weighted by atomic mass is 9.70. The van der Waals surface area contributed by atoms with Crippen LogP contribution >= 0.6 is 0 Å². The molecule has 2 atom stereocenters. The van der Waals surface area contributed by atoms with E-state index in [0.29, 0.717) is 32.0 Å². The van der Waals surface area contributed by atoms with Gasteiger partial charge in [-0.3, -0.25) is 9.48 Å². The molecule has 2 saturated heterocycles. The third-order valence-corrected chi connectivity index (χ3v) is 6.68. The number of aromatic nitrogens is 2. The number of piperidine rings is 1. The first-order valence-corrected chi connectivity index (χ1v) is 9.60. The van der Waals surface area contributed by atoms with Crippen LogP contribution in [0.2, 0.25) is 0 Å². The molecule has 6 nitrogen and oxygen atoms in total. The van der Waals surface area contributed by atoms with Crippen LogP contribution in [-0.2, 0) is 16.1 Å². The van der Waals surface area contributed by atoms with Crippen LogP contribution in [0.15, 0.2) is 18.5 Å². The van der Waals surface area contributed by atoms with E-state index in [4.69, 9.17) is 4.74 Å². The quantitative estimate of drug-likeness (QED) is 0.900. The average Bonchev–Trinajstić information content (AvgIpc) is 3.23. The molecule has 1 aromatic heterocycles. The second kappa shape index (κ2) is 6.40. The zero-order valence-corrected chi connectivity index (χ0v) is 15.1. The molecule has 4 rings (SSSR count). The molecule has 0 unspecified atom stereocenters. The molecule has 1 N–H and O–H groups in total. The van der Waals surface area contributed by atoms with Gasteiger partial charge in [0.05, 0.1) is 17.6 Å². The number of aliphatic hydroxyl groups is 1. The summed E-state index contributed by atoms with van der Waals surface area (Å²) >= 11 is 0. The highest BCUT2D eigenvalue weighted by Crippen LogP contribution is 2.50. The van der Waals surface area contributed by atoms with Crippen molar-refractivity contribution in [3.05, 3.63) is 18.5 Å². The van der Waals surface area contributed by atoms with Crippen molar-refractivity contribution in [2.24, 2.45) is 17.3 Å². The number of hydrogen-bond acceptors (Lipinski definition) is 4. The fourth-order valence-electron chi connectivity index (χ4n) is 4.76. The van der Waals surface area contributed by atoms with Crippen LogP contribution in [0.4, 0.5) is 0 Å². The molecule has 3 aliphatic rings. The first-order valence-electron chi connectivity index (χ1n) is 9.60. The van der Waals surface area contributed by atoms with Crippen LogP contribution in [0.3, 0.4) is 0 Å². The normalized spacial score (nSPS) is 32.6. The number of rotatable bonds is 4. The monoisotopic (exact) mass is 347 g/mol. The molecule has 6 heteroatoms. The van der Waals surface area contributed by atoms with Crippen LogP contribution < -0.4 is 0 Å². The van der Waals surface area contributed by atoms with E-state index >= 15 is 0 Å². The lowest BCUT2D eigenvalue weighted by Crippen LogP contribution is -2.58. The van der Waals surface area contributed by atoms with Gasteiger partial charge in [0, 0.05) is 44.6 Å². The van der Waals surface area contributed by atoms with E-state index in [-0.39, 0.29) is 17.2 Å². The van der Waals surface area contributed by atoms with Crippen molar-refractivity contribution in [1.82, 2.24) is 14.7 Å². The Bertz CT molecular complexity index is 607. The van der Waals surface area contributed by atoms with Crippen LogP contribution in [0.1, 0.15) is 39.0 Å². The maximum absolute atomic E-state index is 13.1. The number of carbonyl (C=O) groups excluding carboxylic acids is 1. The number of likely N-dealkylation sites (tertiary alicyclic amines) is 1. The van der Waals surface area contributed by atoms with Crippen LogP contribution in [0, 0.1) is 17.3 Å². The topological polar surface area (TPSA) is 67.6 Å². The van der Waals surface area contributed by atoms with Gasteiger partial charge in [0.2, 0.25) is 5.91 Å². The van der Waals surface area contributed by atoms with Crippen molar-refractivity contribution in [1.29, 1.82) is 0 Å². The van der Waals surface area contributed by atoms with Crippen molar-refractivity contribution in [3.8, 4) is 0 Å². The number of hydrogen-bond donors (Lipinski definition) is 1. The predicted octanol–water partition coefficient (Wildman–Crippen LogP) is 1.69. The van der Waals surface area contributed by atoms with E-state index in [2.05, 4.69) is 12.0 Å². The van der Waals surface area contributed by atoms with Crippen LogP contribution in [0.25, 0.3) is 0 Å². The van der Waals surface area contributed by atoms with E-state index in [9.17, 15) is 9.90 Å². The molecule has 0 aromatic carbocycles. The van der Waals surface area contributed by atoms with E-state index in [1.165, 1.54) is 0 Å². The molecule has 1 amide bonds. The SMILES string of the molecule is C[C@@H]1CN(C(=O)C2(Cn3cccn3)CC2)CC[C@@]1(O)C1CCOCC1. The average molecular weight is 347 g/mol. The smallest absolute Gasteiger partial charge is 0.230 e. The lowest BCUT2D eigenvalue weighted by molar-refractivity contribution is -0.156. The molecular formula is C19H29N3O3. The Kier molecular flexibility index (Phi) is 4.36. The molecule has 1 aliphatic carbocycles. The van der Waals surface area contributed by atoms with Gasteiger partial charge in [0.15, 0.2) is 0 Å². The summed E-state index contributed by atoms with van der Waals surface area (Å²) in [6.07, 6.45) is 8.12. The summed E-state index contributed by atoms with van der Waals surface area (Å²) in [6, 6.07) is 1.90. The number of carbonyl (C=O) groups is 1. The van der Waals surface area contributed by atoms with E-state index in [1.54, 1.807) is 6.20 Å². The molecule has 25 heavy (non-hydrogen) atoms. The summed E-state index contributed by atoms with van der Waals surface area (Å²) in [5.74, 6) is 0.658.